The second-order valence-corrected chi connectivity index (χ2v) is 3.93. The molecule has 65 valence electrons. The predicted octanol–water partition coefficient (Wildman–Crippen LogP) is 3.35. The van der Waals surface area contributed by atoms with Gasteiger partial charge >= 0.3 is 0 Å². The molecule has 1 radical (unpaired) electrons. The first kappa shape index (κ1) is 7.37. The number of hydrogen-bond acceptors (Lipinski definition) is 0. The minimum atomic E-state index is 0.618. The normalized spacial score (nSPS) is 30.2. The summed E-state index contributed by atoms with van der Waals surface area (Å²) in [5.74, 6) is 0.618. The van der Waals surface area contributed by atoms with Crippen LogP contribution in [0.1, 0.15) is 19.3 Å². The highest BCUT2D eigenvalue weighted by Crippen LogP contribution is 2.40. The average Bonchev–Trinajstić information content (AvgIpc) is 2.65. The van der Waals surface area contributed by atoms with E-state index in [0.717, 1.165) is 6.42 Å². The second-order valence-electron chi connectivity index (χ2n) is 3.93. The summed E-state index contributed by atoms with van der Waals surface area (Å²) < 4.78 is 0. The molecule has 3 aliphatic carbocycles. The van der Waals surface area contributed by atoms with Gasteiger partial charge < -0.3 is 0 Å². The Balaban J connectivity index is 2.02. The molecule has 0 spiro atoms. The van der Waals surface area contributed by atoms with E-state index in [4.69, 9.17) is 0 Å². The Labute approximate surface area is 79.3 Å². The lowest BCUT2D eigenvalue weighted by Crippen LogP contribution is -2.12. The fourth-order valence-electron chi connectivity index (χ4n) is 2.50. The Kier molecular flexibility index (Phi) is 1.55. The summed E-state index contributed by atoms with van der Waals surface area (Å²) in [6.07, 6.45) is 17.5. The Morgan fingerprint density at radius 3 is 3.31 bits per heavy atom. The van der Waals surface area contributed by atoms with Gasteiger partial charge in [-0.1, -0.05) is 36.0 Å². The third-order valence-corrected chi connectivity index (χ3v) is 3.19. The van der Waals surface area contributed by atoms with Crippen molar-refractivity contribution in [2.75, 3.05) is 0 Å². The molecule has 0 aromatic carbocycles. The van der Waals surface area contributed by atoms with Crippen LogP contribution in [0.5, 0.6) is 0 Å². The van der Waals surface area contributed by atoms with E-state index in [-0.39, 0.29) is 0 Å². The molecule has 0 nitrogen and oxygen atoms in total. The molecule has 0 aromatic rings. The Morgan fingerprint density at radius 2 is 2.31 bits per heavy atom. The largest absolute Gasteiger partial charge is 0.0873 e. The molecular formula is C13H13. The molecule has 0 saturated heterocycles. The van der Waals surface area contributed by atoms with Gasteiger partial charge in [-0.3, -0.25) is 0 Å². The number of hydrogen-bond donors (Lipinski definition) is 0. The lowest BCUT2D eigenvalue weighted by Gasteiger charge is -2.27. The van der Waals surface area contributed by atoms with Crippen LogP contribution < -0.4 is 0 Å². The highest BCUT2D eigenvalue weighted by molar-refractivity contribution is 5.52. The van der Waals surface area contributed by atoms with Gasteiger partial charge in [-0.2, -0.15) is 0 Å². The highest BCUT2D eigenvalue weighted by atomic mass is 14.3. The minimum absolute atomic E-state index is 0.618. The van der Waals surface area contributed by atoms with Crippen LogP contribution in [-0.2, 0) is 0 Å². The quantitative estimate of drug-likeness (QED) is 0.488. The highest BCUT2D eigenvalue weighted by Gasteiger charge is 2.25. The molecule has 0 N–H and O–H groups in total. The Hall–Kier alpha value is -1.04. The van der Waals surface area contributed by atoms with Crippen LogP contribution in [0, 0.1) is 12.3 Å². The fourth-order valence-corrected chi connectivity index (χ4v) is 2.50. The summed E-state index contributed by atoms with van der Waals surface area (Å²) in [5, 5.41) is 0. The predicted molar refractivity (Wildman–Crippen MR) is 55.0 cm³/mol. The molecule has 3 aliphatic rings. The number of fused-ring (bicyclic) bond motifs is 2. The summed E-state index contributed by atoms with van der Waals surface area (Å²) in [4.78, 5) is 0. The van der Waals surface area contributed by atoms with Gasteiger partial charge in [-0.15, -0.1) is 0 Å². The molecule has 0 fully saturated rings. The van der Waals surface area contributed by atoms with E-state index in [1.165, 1.54) is 18.4 Å². The zero-order valence-electron chi connectivity index (χ0n) is 7.66. The van der Waals surface area contributed by atoms with E-state index in [1.807, 2.05) is 0 Å². The summed E-state index contributed by atoms with van der Waals surface area (Å²) in [5.41, 5.74) is 4.72. The molecule has 0 heterocycles. The molecule has 0 heteroatoms. The van der Waals surface area contributed by atoms with Crippen molar-refractivity contribution in [1.82, 2.24) is 0 Å². The van der Waals surface area contributed by atoms with Gasteiger partial charge in [0, 0.05) is 12.3 Å². The van der Waals surface area contributed by atoms with Gasteiger partial charge in [0.05, 0.1) is 0 Å². The van der Waals surface area contributed by atoms with E-state index in [9.17, 15) is 0 Å². The first-order valence-corrected chi connectivity index (χ1v) is 5.05. The van der Waals surface area contributed by atoms with Crippen molar-refractivity contribution in [3.63, 3.8) is 0 Å². The van der Waals surface area contributed by atoms with Gasteiger partial charge in [0.1, 0.15) is 0 Å². The van der Waals surface area contributed by atoms with Gasteiger partial charge in [0.2, 0.25) is 0 Å². The lowest BCUT2D eigenvalue weighted by molar-refractivity contribution is 0.748. The first-order valence-electron chi connectivity index (χ1n) is 5.05. The van der Waals surface area contributed by atoms with Crippen LogP contribution in [0.2, 0.25) is 0 Å². The molecule has 13 heavy (non-hydrogen) atoms. The van der Waals surface area contributed by atoms with E-state index < -0.39 is 0 Å². The standard InChI is InChI=1S/C13H13/c1-2-6-12-10(4-1)8-9-11-5-3-7-13(11)12/h2-3,5-8,12H,1,4,9H2. The van der Waals surface area contributed by atoms with Gasteiger partial charge in [-0.25, -0.2) is 0 Å². The van der Waals surface area contributed by atoms with Crippen LogP contribution in [0.15, 0.2) is 47.1 Å². The maximum absolute atomic E-state index is 2.43. The van der Waals surface area contributed by atoms with Gasteiger partial charge in [0.15, 0.2) is 0 Å². The van der Waals surface area contributed by atoms with E-state index >= 15 is 0 Å². The monoisotopic (exact) mass is 169 g/mol. The first-order chi connectivity index (χ1) is 6.45. The average molecular weight is 169 g/mol. The van der Waals surface area contributed by atoms with Gasteiger partial charge in [0.25, 0.3) is 0 Å². The van der Waals surface area contributed by atoms with Crippen LogP contribution in [0.4, 0.5) is 0 Å². The minimum Gasteiger partial charge on any atom is -0.0873 e. The van der Waals surface area contributed by atoms with Crippen molar-refractivity contribution in [3.8, 4) is 0 Å². The molecule has 0 aromatic heterocycles. The lowest BCUT2D eigenvalue weighted by atomic mass is 9.78. The molecule has 3 rings (SSSR count). The molecule has 1 unspecified atom stereocenters. The molecule has 1 atom stereocenters. The van der Waals surface area contributed by atoms with Crippen molar-refractivity contribution in [2.24, 2.45) is 5.92 Å². The second kappa shape index (κ2) is 2.73. The summed E-state index contributed by atoms with van der Waals surface area (Å²) in [7, 11) is 0. The van der Waals surface area contributed by atoms with Crippen molar-refractivity contribution in [3.05, 3.63) is 53.5 Å². The van der Waals surface area contributed by atoms with Crippen LogP contribution in [-0.4, -0.2) is 0 Å². The van der Waals surface area contributed by atoms with Crippen molar-refractivity contribution in [2.45, 2.75) is 19.3 Å². The number of allylic oxidation sites excluding steroid dienone is 8. The zero-order chi connectivity index (χ0) is 8.67. The van der Waals surface area contributed by atoms with E-state index in [0.29, 0.717) is 5.92 Å². The summed E-state index contributed by atoms with van der Waals surface area (Å²) in [6.45, 7) is 0. The molecule has 0 bridgehead atoms. The molecular weight excluding hydrogens is 156 g/mol. The zero-order valence-corrected chi connectivity index (χ0v) is 7.66. The van der Waals surface area contributed by atoms with Crippen molar-refractivity contribution < 1.29 is 0 Å². The van der Waals surface area contributed by atoms with Crippen LogP contribution in [0.3, 0.4) is 0 Å². The number of rotatable bonds is 0. The smallest absolute Gasteiger partial charge is 0.0199 e. The Bertz CT molecular complexity index is 350. The molecule has 0 saturated carbocycles. The van der Waals surface area contributed by atoms with Gasteiger partial charge in [-0.05, 0) is 30.4 Å². The maximum atomic E-state index is 2.43. The third kappa shape index (κ3) is 1.05. The fraction of sp³-hybridized carbons (Fsp3) is 0.308. The van der Waals surface area contributed by atoms with Crippen molar-refractivity contribution in [1.29, 1.82) is 0 Å². The van der Waals surface area contributed by atoms with E-state index in [2.05, 4.69) is 36.8 Å². The van der Waals surface area contributed by atoms with Crippen LogP contribution >= 0.6 is 0 Å². The third-order valence-electron chi connectivity index (χ3n) is 3.19. The summed E-state index contributed by atoms with van der Waals surface area (Å²) in [6, 6.07) is 0. The Morgan fingerprint density at radius 1 is 1.31 bits per heavy atom. The SMILES string of the molecule is [CH]1C=CC2=C1C1C=CCCC1=CC2. The van der Waals surface area contributed by atoms with Crippen LogP contribution in [0.25, 0.3) is 0 Å². The molecule has 0 aliphatic heterocycles. The topological polar surface area (TPSA) is 0 Å². The maximum Gasteiger partial charge on any atom is 0.0199 e. The van der Waals surface area contributed by atoms with E-state index in [1.54, 1.807) is 11.1 Å². The molecule has 0 amide bonds. The summed E-state index contributed by atoms with van der Waals surface area (Å²) >= 11 is 0. The van der Waals surface area contributed by atoms with Crippen molar-refractivity contribution >= 4 is 0 Å².